The molecule has 0 bridgehead atoms. The molecule has 1 saturated heterocycles. The summed E-state index contributed by atoms with van der Waals surface area (Å²) in [4.78, 5) is 2.22. The fourth-order valence-electron chi connectivity index (χ4n) is 5.34. The second kappa shape index (κ2) is 17.8. The third-order valence-electron chi connectivity index (χ3n) is 7.58. The van der Waals surface area contributed by atoms with Gasteiger partial charge in [0.2, 0.25) is 0 Å². The minimum atomic E-state index is 0.116. The van der Waals surface area contributed by atoms with Crippen LogP contribution in [0.15, 0.2) is 72.8 Å². The average Bonchev–Trinajstić information content (AvgIpc) is 3.02. The molecule has 3 aromatic rings. The van der Waals surface area contributed by atoms with E-state index >= 15 is 0 Å². The van der Waals surface area contributed by atoms with Gasteiger partial charge in [-0.25, -0.2) is 0 Å². The van der Waals surface area contributed by atoms with E-state index in [1.165, 1.54) is 11.1 Å². The van der Waals surface area contributed by atoms with Gasteiger partial charge in [0.15, 0.2) is 0 Å². The number of hydrogen-bond donors (Lipinski definition) is 1. The zero-order chi connectivity index (χ0) is 29.4. The summed E-state index contributed by atoms with van der Waals surface area (Å²) in [5.41, 5.74) is 3.61. The molecule has 2 atom stereocenters. The third kappa shape index (κ3) is 10.3. The molecule has 1 aliphatic heterocycles. The van der Waals surface area contributed by atoms with Crippen LogP contribution in [0.5, 0.6) is 17.2 Å². The van der Waals surface area contributed by atoms with Crippen LogP contribution >= 0.6 is 0 Å². The Hall–Kier alpha value is -3.10. The van der Waals surface area contributed by atoms with Crippen LogP contribution in [0.2, 0.25) is 0 Å². The summed E-state index contributed by atoms with van der Waals surface area (Å²) in [7, 11) is 5.90. The molecule has 1 heterocycles. The molecule has 0 amide bonds. The molecule has 0 unspecified atom stereocenters. The first-order valence-corrected chi connectivity index (χ1v) is 15.2. The minimum absolute atomic E-state index is 0.116. The fourth-order valence-corrected chi connectivity index (χ4v) is 5.34. The monoisotopic (exact) mass is 576 g/mol. The lowest BCUT2D eigenvalue weighted by Crippen LogP contribution is -2.41. The van der Waals surface area contributed by atoms with Gasteiger partial charge in [0.05, 0.1) is 39.6 Å². The van der Waals surface area contributed by atoms with E-state index in [1.807, 2.05) is 30.3 Å². The third-order valence-corrected chi connectivity index (χ3v) is 7.58. The zero-order valence-corrected chi connectivity index (χ0v) is 25.6. The molecule has 7 heteroatoms. The maximum atomic E-state index is 6.36. The molecule has 0 spiro atoms. The number of rotatable bonds is 18. The molecule has 7 nitrogen and oxygen atoms in total. The Balaban J connectivity index is 1.17. The van der Waals surface area contributed by atoms with E-state index in [9.17, 15) is 0 Å². The summed E-state index contributed by atoms with van der Waals surface area (Å²) in [5.74, 6) is 3.06. The molecule has 0 saturated carbocycles. The van der Waals surface area contributed by atoms with E-state index in [0.29, 0.717) is 39.0 Å². The predicted molar refractivity (Wildman–Crippen MR) is 168 cm³/mol. The van der Waals surface area contributed by atoms with Crippen molar-refractivity contribution in [2.45, 2.75) is 44.3 Å². The highest BCUT2D eigenvalue weighted by Gasteiger charge is 2.27. The number of methoxy groups -OCH3 is 1. The van der Waals surface area contributed by atoms with E-state index in [-0.39, 0.29) is 6.10 Å². The van der Waals surface area contributed by atoms with Crippen molar-refractivity contribution < 1.29 is 23.7 Å². The number of nitrogens with one attached hydrogen (secondary N) is 1. The smallest absolute Gasteiger partial charge is 0.124 e. The number of ether oxygens (including phenoxy) is 5. The van der Waals surface area contributed by atoms with Crippen LogP contribution in [-0.4, -0.2) is 78.3 Å². The summed E-state index contributed by atoms with van der Waals surface area (Å²) in [6, 6.07) is 24.8. The first kappa shape index (κ1) is 31.8. The van der Waals surface area contributed by atoms with Crippen LogP contribution in [0.1, 0.15) is 41.9 Å². The standard InChI is InChI=1S/C35H48N2O5/c1-37(2)21-8-12-29-10-4-7-14-34(29)41-24-25-42-35-26-36-20-19-32(35)28-15-17-31(18-16-28)40-23-9-22-39-27-30-11-5-6-13-33(30)38-3/h4-7,10-11,13-18,32,35-36H,8-9,12,19-27H2,1-3H3/t32-,35+/m1/s1. The quantitative estimate of drug-likeness (QED) is 0.195. The van der Waals surface area contributed by atoms with Gasteiger partial charge in [-0.15, -0.1) is 0 Å². The van der Waals surface area contributed by atoms with Crippen molar-refractivity contribution in [2.75, 3.05) is 67.3 Å². The lowest BCUT2D eigenvalue weighted by Gasteiger charge is -2.32. The maximum Gasteiger partial charge on any atom is 0.124 e. The van der Waals surface area contributed by atoms with Gasteiger partial charge < -0.3 is 33.9 Å². The normalized spacial score (nSPS) is 16.9. The first-order chi connectivity index (χ1) is 20.6. The highest BCUT2D eigenvalue weighted by molar-refractivity contribution is 5.34. The highest BCUT2D eigenvalue weighted by atomic mass is 16.5. The molecular weight excluding hydrogens is 528 g/mol. The van der Waals surface area contributed by atoms with E-state index < -0.39 is 0 Å². The van der Waals surface area contributed by atoms with Crippen molar-refractivity contribution in [1.29, 1.82) is 0 Å². The van der Waals surface area contributed by atoms with Gasteiger partial charge in [-0.1, -0.05) is 48.5 Å². The van der Waals surface area contributed by atoms with E-state index in [0.717, 1.165) is 68.1 Å². The van der Waals surface area contributed by atoms with Crippen LogP contribution < -0.4 is 19.5 Å². The number of benzene rings is 3. The van der Waals surface area contributed by atoms with Gasteiger partial charge in [0.1, 0.15) is 23.9 Å². The summed E-state index contributed by atoms with van der Waals surface area (Å²) >= 11 is 0. The molecule has 1 aliphatic rings. The maximum absolute atomic E-state index is 6.36. The SMILES string of the molecule is COc1ccccc1COCCCOc1ccc([C@H]2CCNC[C@@H]2OCCOc2ccccc2CCCN(C)C)cc1. The molecule has 0 aliphatic carbocycles. The second-order valence-electron chi connectivity index (χ2n) is 11.0. The van der Waals surface area contributed by atoms with E-state index in [2.05, 4.69) is 66.8 Å². The molecule has 0 aromatic heterocycles. The summed E-state index contributed by atoms with van der Waals surface area (Å²) < 4.78 is 29.7. The largest absolute Gasteiger partial charge is 0.496 e. The van der Waals surface area contributed by atoms with Gasteiger partial charge in [-0.2, -0.15) is 0 Å². The summed E-state index contributed by atoms with van der Waals surface area (Å²) in [6.07, 6.45) is 4.11. The minimum Gasteiger partial charge on any atom is -0.496 e. The van der Waals surface area contributed by atoms with Gasteiger partial charge in [-0.05, 0) is 81.8 Å². The fraction of sp³-hybridized carbons (Fsp3) is 0.486. The Morgan fingerprint density at radius 3 is 2.33 bits per heavy atom. The van der Waals surface area contributed by atoms with E-state index in [4.69, 9.17) is 23.7 Å². The van der Waals surface area contributed by atoms with E-state index in [1.54, 1.807) is 7.11 Å². The number of nitrogens with zero attached hydrogens (tertiary/aromatic N) is 1. The zero-order valence-electron chi connectivity index (χ0n) is 25.6. The number of aryl methyl sites for hydroxylation is 1. The number of hydrogen-bond acceptors (Lipinski definition) is 7. The molecule has 1 N–H and O–H groups in total. The van der Waals surface area contributed by atoms with Crippen LogP contribution in [0, 0.1) is 0 Å². The Morgan fingerprint density at radius 1 is 0.786 bits per heavy atom. The van der Waals surface area contributed by atoms with Crippen LogP contribution in [-0.2, 0) is 22.5 Å². The van der Waals surface area contributed by atoms with Crippen molar-refractivity contribution >= 4 is 0 Å². The molecule has 1 fully saturated rings. The van der Waals surface area contributed by atoms with Gasteiger partial charge in [-0.3, -0.25) is 0 Å². The molecule has 4 rings (SSSR count). The lowest BCUT2D eigenvalue weighted by atomic mass is 9.88. The number of para-hydroxylation sites is 2. The molecule has 0 radical (unpaired) electrons. The second-order valence-corrected chi connectivity index (χ2v) is 11.0. The molecule has 228 valence electrons. The Kier molecular flexibility index (Phi) is 13.5. The van der Waals surface area contributed by atoms with Gasteiger partial charge in [0.25, 0.3) is 0 Å². The van der Waals surface area contributed by atoms with Crippen LogP contribution in [0.3, 0.4) is 0 Å². The van der Waals surface area contributed by atoms with Crippen molar-refractivity contribution in [3.05, 3.63) is 89.5 Å². The Bertz CT molecular complexity index is 1170. The van der Waals surface area contributed by atoms with Crippen molar-refractivity contribution in [3.8, 4) is 17.2 Å². The van der Waals surface area contributed by atoms with Crippen LogP contribution in [0.25, 0.3) is 0 Å². The lowest BCUT2D eigenvalue weighted by molar-refractivity contribution is 0.00720. The summed E-state index contributed by atoms with van der Waals surface area (Å²) in [6.45, 7) is 5.81. The first-order valence-electron chi connectivity index (χ1n) is 15.2. The van der Waals surface area contributed by atoms with Crippen molar-refractivity contribution in [2.24, 2.45) is 0 Å². The van der Waals surface area contributed by atoms with Gasteiger partial charge >= 0.3 is 0 Å². The summed E-state index contributed by atoms with van der Waals surface area (Å²) in [5, 5.41) is 3.49. The predicted octanol–water partition coefficient (Wildman–Crippen LogP) is 5.72. The number of piperidine rings is 1. The highest BCUT2D eigenvalue weighted by Crippen LogP contribution is 2.29. The van der Waals surface area contributed by atoms with Crippen molar-refractivity contribution in [3.63, 3.8) is 0 Å². The van der Waals surface area contributed by atoms with Gasteiger partial charge in [0, 0.05) is 24.4 Å². The van der Waals surface area contributed by atoms with Crippen molar-refractivity contribution in [1.82, 2.24) is 10.2 Å². The van der Waals surface area contributed by atoms with Crippen LogP contribution in [0.4, 0.5) is 0 Å². The molecule has 3 aromatic carbocycles. The average molecular weight is 577 g/mol. The topological polar surface area (TPSA) is 61.4 Å². The molecule has 42 heavy (non-hydrogen) atoms. The molecular formula is C35H48N2O5. The Labute approximate surface area is 252 Å². The Morgan fingerprint density at radius 2 is 1.55 bits per heavy atom.